The summed E-state index contributed by atoms with van der Waals surface area (Å²) in [4.78, 5) is 16.3. The standard InChI is InChI=1S/C22H27FN4O4/c1-14-7-15(5-6-16(14)9-24-21(29)31-22(2,3)4)20-19-8-18(30-12-17(23)11-28)10-27(19)26-13-25-20/h5-8,10,13,17,28H,9,11-12H2,1-4H3,(H,24,29). The van der Waals surface area contributed by atoms with Crippen molar-refractivity contribution in [3.8, 4) is 17.0 Å². The number of alkyl carbamates (subject to hydrolysis) is 1. The number of halogens is 1. The molecule has 2 N–H and O–H groups in total. The van der Waals surface area contributed by atoms with E-state index in [9.17, 15) is 9.18 Å². The molecule has 0 radical (unpaired) electrons. The number of benzene rings is 1. The van der Waals surface area contributed by atoms with E-state index in [0.29, 0.717) is 23.5 Å². The van der Waals surface area contributed by atoms with Crippen LogP contribution in [0.25, 0.3) is 16.8 Å². The maximum Gasteiger partial charge on any atom is 0.407 e. The number of nitrogens with zero attached hydrogens (tertiary/aromatic N) is 3. The third-order valence-electron chi connectivity index (χ3n) is 4.45. The maximum atomic E-state index is 13.2. The highest BCUT2D eigenvalue weighted by Crippen LogP contribution is 2.27. The Balaban J connectivity index is 1.77. The molecule has 0 aliphatic heterocycles. The van der Waals surface area contributed by atoms with Crippen molar-refractivity contribution >= 4 is 11.6 Å². The van der Waals surface area contributed by atoms with Crippen LogP contribution in [0.4, 0.5) is 9.18 Å². The lowest BCUT2D eigenvalue weighted by atomic mass is 10.0. The van der Waals surface area contributed by atoms with E-state index in [2.05, 4.69) is 15.4 Å². The highest BCUT2D eigenvalue weighted by atomic mass is 19.1. The Morgan fingerprint density at radius 3 is 2.77 bits per heavy atom. The molecule has 2 aromatic heterocycles. The van der Waals surface area contributed by atoms with Gasteiger partial charge in [0.2, 0.25) is 0 Å². The normalized spacial score (nSPS) is 12.6. The van der Waals surface area contributed by atoms with Crippen LogP contribution in [0.1, 0.15) is 31.9 Å². The molecule has 1 atom stereocenters. The Kier molecular flexibility index (Phi) is 6.74. The van der Waals surface area contributed by atoms with Crippen LogP contribution in [0, 0.1) is 6.92 Å². The quantitative estimate of drug-likeness (QED) is 0.596. The Morgan fingerprint density at radius 1 is 1.32 bits per heavy atom. The number of alkyl halides is 1. The van der Waals surface area contributed by atoms with E-state index in [0.717, 1.165) is 16.7 Å². The molecular weight excluding hydrogens is 403 g/mol. The highest BCUT2D eigenvalue weighted by molar-refractivity contribution is 5.78. The first kappa shape index (κ1) is 22.5. The molecule has 3 aromatic rings. The Bertz CT molecular complexity index is 1060. The van der Waals surface area contributed by atoms with Crippen molar-refractivity contribution in [2.24, 2.45) is 0 Å². The molecule has 0 aliphatic carbocycles. The van der Waals surface area contributed by atoms with Gasteiger partial charge in [0, 0.05) is 18.2 Å². The lowest BCUT2D eigenvalue weighted by Gasteiger charge is -2.20. The molecule has 31 heavy (non-hydrogen) atoms. The number of aliphatic hydroxyl groups is 1. The van der Waals surface area contributed by atoms with Gasteiger partial charge < -0.3 is 19.9 Å². The molecule has 0 aliphatic rings. The third-order valence-corrected chi connectivity index (χ3v) is 4.45. The largest absolute Gasteiger partial charge is 0.489 e. The molecule has 0 fully saturated rings. The lowest BCUT2D eigenvalue weighted by Crippen LogP contribution is -2.32. The van der Waals surface area contributed by atoms with Gasteiger partial charge in [-0.3, -0.25) is 0 Å². The van der Waals surface area contributed by atoms with Gasteiger partial charge in [-0.2, -0.15) is 5.10 Å². The molecule has 1 amide bonds. The van der Waals surface area contributed by atoms with Crippen LogP contribution >= 0.6 is 0 Å². The van der Waals surface area contributed by atoms with E-state index in [-0.39, 0.29) is 6.61 Å². The van der Waals surface area contributed by atoms with Gasteiger partial charge in [-0.15, -0.1) is 0 Å². The van der Waals surface area contributed by atoms with Gasteiger partial charge in [-0.05, 0) is 44.9 Å². The minimum absolute atomic E-state index is 0.241. The summed E-state index contributed by atoms with van der Waals surface area (Å²) in [5.74, 6) is 0.438. The van der Waals surface area contributed by atoms with E-state index in [1.807, 2.05) is 45.9 Å². The van der Waals surface area contributed by atoms with Crippen molar-refractivity contribution < 1.29 is 23.8 Å². The fourth-order valence-corrected chi connectivity index (χ4v) is 2.97. The summed E-state index contributed by atoms with van der Waals surface area (Å²) >= 11 is 0. The van der Waals surface area contributed by atoms with Crippen molar-refractivity contribution in [2.75, 3.05) is 13.2 Å². The first-order valence-electron chi connectivity index (χ1n) is 9.94. The average Bonchev–Trinajstić information content (AvgIpc) is 3.13. The van der Waals surface area contributed by atoms with E-state index in [4.69, 9.17) is 14.6 Å². The molecule has 9 heteroatoms. The fraction of sp³-hybridized carbons (Fsp3) is 0.409. The lowest BCUT2D eigenvalue weighted by molar-refractivity contribution is 0.0523. The summed E-state index contributed by atoms with van der Waals surface area (Å²) in [5.41, 5.74) is 3.65. The Labute approximate surface area is 180 Å². The second-order valence-electron chi connectivity index (χ2n) is 8.20. The molecule has 3 rings (SSSR count). The summed E-state index contributed by atoms with van der Waals surface area (Å²) in [6.07, 6.45) is 1.16. The Morgan fingerprint density at radius 2 is 2.10 bits per heavy atom. The summed E-state index contributed by atoms with van der Waals surface area (Å²) in [5, 5.41) is 15.7. The number of carbonyl (C=O) groups is 1. The topological polar surface area (TPSA) is 98.0 Å². The van der Waals surface area contributed by atoms with Crippen LogP contribution in [0.3, 0.4) is 0 Å². The van der Waals surface area contributed by atoms with Crippen molar-refractivity contribution in [3.63, 3.8) is 0 Å². The first-order chi connectivity index (χ1) is 14.7. The number of nitrogens with one attached hydrogen (secondary N) is 1. The molecule has 1 aromatic carbocycles. The molecule has 8 nitrogen and oxygen atoms in total. The summed E-state index contributed by atoms with van der Waals surface area (Å²) in [7, 11) is 0. The zero-order chi connectivity index (χ0) is 22.6. The number of hydrogen-bond donors (Lipinski definition) is 2. The highest BCUT2D eigenvalue weighted by Gasteiger charge is 2.16. The smallest absolute Gasteiger partial charge is 0.407 e. The minimum atomic E-state index is -1.45. The van der Waals surface area contributed by atoms with Crippen LogP contribution in [0.2, 0.25) is 0 Å². The number of amides is 1. The SMILES string of the molecule is Cc1cc(-c2ncnn3cc(OCC(F)CO)cc23)ccc1CNC(=O)OC(C)(C)C. The van der Waals surface area contributed by atoms with Gasteiger partial charge in [0.1, 0.15) is 24.3 Å². The zero-order valence-corrected chi connectivity index (χ0v) is 18.1. The first-order valence-corrected chi connectivity index (χ1v) is 9.94. The van der Waals surface area contributed by atoms with E-state index >= 15 is 0 Å². The van der Waals surface area contributed by atoms with Gasteiger partial charge in [-0.1, -0.05) is 12.1 Å². The number of aryl methyl sites for hydroxylation is 1. The number of aromatic nitrogens is 3. The number of hydrogen-bond acceptors (Lipinski definition) is 6. The van der Waals surface area contributed by atoms with Crippen LogP contribution in [-0.2, 0) is 11.3 Å². The molecule has 166 valence electrons. The third kappa shape index (κ3) is 5.91. The van der Waals surface area contributed by atoms with E-state index in [1.54, 1.807) is 16.8 Å². The maximum absolute atomic E-state index is 13.2. The van der Waals surface area contributed by atoms with Gasteiger partial charge in [0.15, 0.2) is 6.17 Å². The number of aliphatic hydroxyl groups excluding tert-OH is 1. The molecular formula is C22H27FN4O4. The second-order valence-corrected chi connectivity index (χ2v) is 8.20. The van der Waals surface area contributed by atoms with Gasteiger partial charge >= 0.3 is 6.09 Å². The number of ether oxygens (including phenoxy) is 2. The van der Waals surface area contributed by atoms with E-state index < -0.39 is 24.5 Å². The molecule has 1 unspecified atom stereocenters. The van der Waals surface area contributed by atoms with Crippen LogP contribution in [-0.4, -0.2) is 50.8 Å². The van der Waals surface area contributed by atoms with Gasteiger partial charge in [0.05, 0.1) is 24.0 Å². The minimum Gasteiger partial charge on any atom is -0.489 e. The van der Waals surface area contributed by atoms with Crippen LogP contribution in [0.15, 0.2) is 36.8 Å². The molecule has 0 saturated carbocycles. The van der Waals surface area contributed by atoms with Crippen molar-refractivity contribution in [3.05, 3.63) is 47.9 Å². The van der Waals surface area contributed by atoms with Gasteiger partial charge in [0.25, 0.3) is 0 Å². The van der Waals surface area contributed by atoms with E-state index in [1.165, 1.54) is 6.33 Å². The summed E-state index contributed by atoms with van der Waals surface area (Å²) in [6.45, 7) is 6.91. The van der Waals surface area contributed by atoms with Gasteiger partial charge in [-0.25, -0.2) is 18.7 Å². The second kappa shape index (κ2) is 9.30. The Hall–Kier alpha value is -3.20. The van der Waals surface area contributed by atoms with Crippen molar-refractivity contribution in [2.45, 2.75) is 46.0 Å². The average molecular weight is 430 g/mol. The number of fused-ring (bicyclic) bond motifs is 1. The van der Waals surface area contributed by atoms with Crippen LogP contribution in [0.5, 0.6) is 5.75 Å². The van der Waals surface area contributed by atoms with Crippen LogP contribution < -0.4 is 10.1 Å². The van der Waals surface area contributed by atoms with Crippen molar-refractivity contribution in [1.29, 1.82) is 0 Å². The predicted octanol–water partition coefficient (Wildman–Crippen LogP) is 3.44. The van der Waals surface area contributed by atoms with Crippen molar-refractivity contribution in [1.82, 2.24) is 19.9 Å². The molecule has 2 heterocycles. The predicted molar refractivity (Wildman–Crippen MR) is 114 cm³/mol. The fourth-order valence-electron chi connectivity index (χ4n) is 2.97. The summed E-state index contributed by atoms with van der Waals surface area (Å²) < 4.78 is 25.5. The monoisotopic (exact) mass is 430 g/mol. The zero-order valence-electron chi connectivity index (χ0n) is 18.1. The number of rotatable bonds is 7. The molecule has 0 spiro atoms. The summed E-state index contributed by atoms with van der Waals surface area (Å²) in [6, 6.07) is 7.55. The molecule has 0 saturated heterocycles. The molecule has 0 bridgehead atoms. The number of carbonyl (C=O) groups excluding carboxylic acids is 1.